The Bertz CT molecular complexity index is 563. The minimum Gasteiger partial charge on any atom is -0.438 e. The van der Waals surface area contributed by atoms with E-state index in [0.29, 0.717) is 36.5 Å². The molecule has 0 spiro atoms. The van der Waals surface area contributed by atoms with Crippen LogP contribution in [0.2, 0.25) is 0 Å². The van der Waals surface area contributed by atoms with Crippen molar-refractivity contribution in [1.29, 1.82) is 0 Å². The molecule has 2 N–H and O–H groups in total. The quantitative estimate of drug-likeness (QED) is 0.915. The Kier molecular flexibility index (Phi) is 4.70. The van der Waals surface area contributed by atoms with Crippen LogP contribution in [0.1, 0.15) is 12.7 Å². The topological polar surface area (TPSA) is 70.3 Å². The third-order valence-electron chi connectivity index (χ3n) is 2.26. The highest BCUT2D eigenvalue weighted by atomic mass is 79.9. The largest absolute Gasteiger partial charge is 0.438 e. The number of hydrogen-bond donors (Lipinski definition) is 1. The Morgan fingerprint density at radius 3 is 2.79 bits per heavy atom. The van der Waals surface area contributed by atoms with Gasteiger partial charge >= 0.3 is 0 Å². The van der Waals surface area contributed by atoms with E-state index in [0.717, 1.165) is 4.47 Å². The van der Waals surface area contributed by atoms with Crippen molar-refractivity contribution in [3.8, 4) is 11.6 Å². The summed E-state index contributed by atoms with van der Waals surface area (Å²) in [7, 11) is 0. The van der Waals surface area contributed by atoms with Gasteiger partial charge in [-0.25, -0.2) is 4.98 Å². The summed E-state index contributed by atoms with van der Waals surface area (Å²) < 4.78 is 11.8. The Hall–Kier alpha value is -1.66. The minimum atomic E-state index is 0.313. The number of benzene rings is 1. The first-order valence-corrected chi connectivity index (χ1v) is 6.62. The molecule has 0 atom stereocenters. The zero-order chi connectivity index (χ0) is 13.7. The van der Waals surface area contributed by atoms with Gasteiger partial charge in [-0.3, -0.25) is 0 Å². The van der Waals surface area contributed by atoms with Crippen molar-refractivity contribution in [1.82, 2.24) is 9.97 Å². The van der Waals surface area contributed by atoms with Crippen LogP contribution in [0.3, 0.4) is 0 Å². The molecule has 0 amide bonds. The number of halogens is 1. The van der Waals surface area contributed by atoms with Crippen LogP contribution in [0.5, 0.6) is 11.6 Å². The molecule has 0 unspecified atom stereocenters. The summed E-state index contributed by atoms with van der Waals surface area (Å²) in [4.78, 5) is 8.33. The Balaban J connectivity index is 2.20. The van der Waals surface area contributed by atoms with Gasteiger partial charge in [0, 0.05) is 12.7 Å². The van der Waals surface area contributed by atoms with E-state index in [4.69, 9.17) is 15.2 Å². The number of rotatable bonds is 5. The number of nitrogens with zero attached hydrogens (tertiary/aromatic N) is 2. The second-order valence-corrected chi connectivity index (χ2v) is 4.57. The lowest BCUT2D eigenvalue weighted by Gasteiger charge is -2.08. The van der Waals surface area contributed by atoms with Gasteiger partial charge in [0.15, 0.2) is 5.82 Å². The summed E-state index contributed by atoms with van der Waals surface area (Å²) in [6, 6.07) is 9.10. The van der Waals surface area contributed by atoms with E-state index < -0.39 is 0 Å². The molecule has 0 bridgehead atoms. The average molecular weight is 324 g/mol. The standard InChI is InChI=1S/C13H14BrN3O2/c1-2-18-8-12-16-11(15)7-13(17-12)19-10-6-4-3-5-9(10)14/h3-7H,2,8H2,1H3,(H2,15,16,17). The Morgan fingerprint density at radius 2 is 2.05 bits per heavy atom. The number of nitrogens with two attached hydrogens (primary N) is 1. The maximum atomic E-state index is 5.72. The Morgan fingerprint density at radius 1 is 1.26 bits per heavy atom. The predicted molar refractivity (Wildman–Crippen MR) is 76.0 cm³/mol. The molecule has 5 nitrogen and oxygen atoms in total. The molecule has 0 aliphatic heterocycles. The molecule has 6 heteroatoms. The van der Waals surface area contributed by atoms with E-state index in [9.17, 15) is 0 Å². The van der Waals surface area contributed by atoms with Gasteiger partial charge in [0.1, 0.15) is 18.2 Å². The van der Waals surface area contributed by atoms with E-state index in [-0.39, 0.29) is 0 Å². The highest BCUT2D eigenvalue weighted by Crippen LogP contribution is 2.28. The summed E-state index contributed by atoms with van der Waals surface area (Å²) >= 11 is 3.41. The van der Waals surface area contributed by atoms with Gasteiger partial charge in [0.2, 0.25) is 5.88 Å². The summed E-state index contributed by atoms with van der Waals surface area (Å²) in [6.07, 6.45) is 0. The second-order valence-electron chi connectivity index (χ2n) is 3.72. The van der Waals surface area contributed by atoms with Crippen LogP contribution in [0.25, 0.3) is 0 Å². The van der Waals surface area contributed by atoms with Crippen LogP contribution in [-0.4, -0.2) is 16.6 Å². The van der Waals surface area contributed by atoms with Crippen molar-refractivity contribution in [2.75, 3.05) is 12.3 Å². The fourth-order valence-corrected chi connectivity index (χ4v) is 1.81. The molecular formula is C13H14BrN3O2. The molecular weight excluding hydrogens is 310 g/mol. The lowest BCUT2D eigenvalue weighted by molar-refractivity contribution is 0.128. The monoisotopic (exact) mass is 323 g/mol. The van der Waals surface area contributed by atoms with Crippen LogP contribution >= 0.6 is 15.9 Å². The third kappa shape index (κ3) is 3.90. The van der Waals surface area contributed by atoms with Crippen molar-refractivity contribution < 1.29 is 9.47 Å². The molecule has 2 aromatic rings. The summed E-state index contributed by atoms with van der Waals surface area (Å²) in [5, 5.41) is 0. The van der Waals surface area contributed by atoms with E-state index in [1.807, 2.05) is 31.2 Å². The minimum absolute atomic E-state index is 0.313. The highest BCUT2D eigenvalue weighted by Gasteiger charge is 2.07. The molecule has 2 rings (SSSR count). The number of anilines is 1. The molecule has 0 saturated carbocycles. The van der Waals surface area contributed by atoms with Crippen LogP contribution in [0.4, 0.5) is 5.82 Å². The van der Waals surface area contributed by atoms with E-state index in [1.54, 1.807) is 6.07 Å². The van der Waals surface area contributed by atoms with Gasteiger partial charge in [-0.2, -0.15) is 4.98 Å². The fourth-order valence-electron chi connectivity index (χ4n) is 1.44. The van der Waals surface area contributed by atoms with E-state index >= 15 is 0 Å². The first-order valence-electron chi connectivity index (χ1n) is 5.82. The summed E-state index contributed by atoms with van der Waals surface area (Å²) in [6.45, 7) is 2.82. The molecule has 1 heterocycles. The van der Waals surface area contributed by atoms with E-state index in [2.05, 4.69) is 25.9 Å². The van der Waals surface area contributed by atoms with Gasteiger partial charge in [0.25, 0.3) is 0 Å². The lowest BCUT2D eigenvalue weighted by Crippen LogP contribution is -2.03. The number of hydrogen-bond acceptors (Lipinski definition) is 5. The maximum absolute atomic E-state index is 5.72. The van der Waals surface area contributed by atoms with Crippen LogP contribution < -0.4 is 10.5 Å². The maximum Gasteiger partial charge on any atom is 0.224 e. The van der Waals surface area contributed by atoms with Gasteiger partial charge in [-0.05, 0) is 35.0 Å². The summed E-state index contributed by atoms with van der Waals surface area (Å²) in [5.41, 5.74) is 5.72. The van der Waals surface area contributed by atoms with Gasteiger partial charge in [-0.15, -0.1) is 0 Å². The highest BCUT2D eigenvalue weighted by molar-refractivity contribution is 9.10. The van der Waals surface area contributed by atoms with Crippen molar-refractivity contribution in [2.45, 2.75) is 13.5 Å². The number of nitrogen functional groups attached to an aromatic ring is 1. The molecule has 0 aliphatic carbocycles. The molecule has 1 aromatic carbocycles. The first-order chi connectivity index (χ1) is 9.19. The molecule has 0 radical (unpaired) electrons. The third-order valence-corrected chi connectivity index (χ3v) is 2.91. The van der Waals surface area contributed by atoms with Crippen LogP contribution in [0.15, 0.2) is 34.8 Å². The molecule has 1 aromatic heterocycles. The molecule has 0 aliphatic rings. The fraction of sp³-hybridized carbons (Fsp3) is 0.231. The lowest BCUT2D eigenvalue weighted by atomic mass is 10.3. The van der Waals surface area contributed by atoms with Crippen molar-refractivity contribution in [2.24, 2.45) is 0 Å². The molecule has 0 saturated heterocycles. The van der Waals surface area contributed by atoms with Crippen LogP contribution in [-0.2, 0) is 11.3 Å². The number of ether oxygens (including phenoxy) is 2. The smallest absolute Gasteiger partial charge is 0.224 e. The molecule has 19 heavy (non-hydrogen) atoms. The average Bonchev–Trinajstić information content (AvgIpc) is 2.38. The molecule has 100 valence electrons. The SMILES string of the molecule is CCOCc1nc(N)cc(Oc2ccccc2Br)n1. The van der Waals surface area contributed by atoms with E-state index in [1.165, 1.54) is 0 Å². The summed E-state index contributed by atoms with van der Waals surface area (Å²) in [5.74, 6) is 1.92. The normalized spacial score (nSPS) is 10.4. The number of aromatic nitrogens is 2. The van der Waals surface area contributed by atoms with Crippen molar-refractivity contribution in [3.63, 3.8) is 0 Å². The molecule has 0 fully saturated rings. The van der Waals surface area contributed by atoms with Gasteiger partial charge in [0.05, 0.1) is 4.47 Å². The predicted octanol–water partition coefficient (Wildman–Crippen LogP) is 3.15. The van der Waals surface area contributed by atoms with Gasteiger partial charge < -0.3 is 15.2 Å². The van der Waals surface area contributed by atoms with Crippen LogP contribution in [0, 0.1) is 0 Å². The number of para-hydroxylation sites is 1. The first kappa shape index (κ1) is 13.8. The zero-order valence-electron chi connectivity index (χ0n) is 10.5. The Labute approximate surface area is 119 Å². The van der Waals surface area contributed by atoms with Crippen molar-refractivity contribution in [3.05, 3.63) is 40.6 Å². The second kappa shape index (κ2) is 6.49. The van der Waals surface area contributed by atoms with Gasteiger partial charge in [-0.1, -0.05) is 12.1 Å². The van der Waals surface area contributed by atoms with Crippen molar-refractivity contribution >= 4 is 21.7 Å². The zero-order valence-corrected chi connectivity index (χ0v) is 12.1.